The first kappa shape index (κ1) is 19.0. The normalized spacial score (nSPS) is 12.3. The van der Waals surface area contributed by atoms with Crippen molar-refractivity contribution in [3.05, 3.63) is 114 Å². The van der Waals surface area contributed by atoms with Crippen molar-refractivity contribution >= 4 is 64.8 Å². The highest BCUT2D eigenvalue weighted by atomic mass is 15.0. The lowest BCUT2D eigenvalue weighted by molar-refractivity contribution is 1.05. The third-order valence-electron chi connectivity index (χ3n) is 8.11. The summed E-state index contributed by atoms with van der Waals surface area (Å²) in [5, 5.41) is 14.5. The number of benzene rings is 7. The predicted octanol–water partition coefficient (Wildman–Crippen LogP) is 9.45. The molecule has 0 bridgehead atoms. The van der Waals surface area contributed by atoms with Gasteiger partial charge in [-0.3, -0.25) is 0 Å². The lowest BCUT2D eigenvalue weighted by Crippen LogP contribution is -1.98. The molecule has 0 saturated carbocycles. The number of fused-ring (bicyclic) bond motifs is 5. The SMILES string of the molecule is Cc1c(C)n(-c2ccc3c(ccc4ccccc43)c2)c2c1cc1ccc3cccc4ccc2c1c34. The zero-order chi connectivity index (χ0) is 23.3. The van der Waals surface area contributed by atoms with Crippen LogP contribution in [0.2, 0.25) is 0 Å². The molecule has 1 heteroatoms. The first-order valence-electron chi connectivity index (χ1n) is 12.3. The van der Waals surface area contributed by atoms with Crippen LogP contribution in [0.25, 0.3) is 70.5 Å². The number of hydrogen-bond donors (Lipinski definition) is 0. The molecular weight excluding hydrogens is 422 g/mol. The second kappa shape index (κ2) is 6.61. The summed E-state index contributed by atoms with van der Waals surface area (Å²) < 4.78 is 2.48. The van der Waals surface area contributed by atoms with Crippen LogP contribution < -0.4 is 0 Å². The Morgan fingerprint density at radius 1 is 0.457 bits per heavy atom. The van der Waals surface area contributed by atoms with E-state index in [0.717, 1.165) is 0 Å². The Kier molecular flexibility index (Phi) is 3.59. The summed E-state index contributed by atoms with van der Waals surface area (Å²) in [6, 6.07) is 38.3. The van der Waals surface area contributed by atoms with Gasteiger partial charge in [0.05, 0.1) is 5.52 Å². The quantitative estimate of drug-likeness (QED) is 0.222. The zero-order valence-corrected chi connectivity index (χ0v) is 19.8. The molecule has 0 aliphatic rings. The average molecular weight is 446 g/mol. The number of aryl methyl sites for hydroxylation is 1. The van der Waals surface area contributed by atoms with Crippen LogP contribution in [0.15, 0.2) is 103 Å². The number of aromatic nitrogens is 1. The maximum Gasteiger partial charge on any atom is 0.0613 e. The Labute approximate surface area is 203 Å². The molecule has 8 aromatic rings. The third kappa shape index (κ3) is 2.42. The molecule has 1 aromatic heterocycles. The van der Waals surface area contributed by atoms with Crippen molar-refractivity contribution in [1.82, 2.24) is 4.57 Å². The van der Waals surface area contributed by atoms with Gasteiger partial charge in [-0.2, -0.15) is 0 Å². The summed E-state index contributed by atoms with van der Waals surface area (Å²) >= 11 is 0. The monoisotopic (exact) mass is 445 g/mol. The van der Waals surface area contributed by atoms with Crippen molar-refractivity contribution in [2.24, 2.45) is 0 Å². The van der Waals surface area contributed by atoms with Crippen molar-refractivity contribution in [1.29, 1.82) is 0 Å². The zero-order valence-electron chi connectivity index (χ0n) is 19.8. The summed E-state index contributed by atoms with van der Waals surface area (Å²) in [6.07, 6.45) is 0. The molecule has 1 nitrogen and oxygen atoms in total. The van der Waals surface area contributed by atoms with Gasteiger partial charge >= 0.3 is 0 Å². The van der Waals surface area contributed by atoms with Crippen molar-refractivity contribution in [3.8, 4) is 5.69 Å². The molecule has 0 unspecified atom stereocenters. The molecule has 8 rings (SSSR count). The molecule has 0 aliphatic heterocycles. The Morgan fingerprint density at radius 3 is 2.00 bits per heavy atom. The third-order valence-corrected chi connectivity index (χ3v) is 8.11. The Hall–Kier alpha value is -4.36. The van der Waals surface area contributed by atoms with Crippen LogP contribution in [-0.4, -0.2) is 4.57 Å². The maximum atomic E-state index is 2.48. The van der Waals surface area contributed by atoms with Gasteiger partial charge < -0.3 is 4.57 Å². The van der Waals surface area contributed by atoms with E-state index < -0.39 is 0 Å². The Morgan fingerprint density at radius 2 is 1.11 bits per heavy atom. The van der Waals surface area contributed by atoms with Gasteiger partial charge in [-0.15, -0.1) is 0 Å². The molecule has 1 heterocycles. The van der Waals surface area contributed by atoms with Crippen LogP contribution in [0.1, 0.15) is 11.3 Å². The molecule has 0 radical (unpaired) electrons. The van der Waals surface area contributed by atoms with Gasteiger partial charge in [-0.25, -0.2) is 0 Å². The van der Waals surface area contributed by atoms with E-state index in [4.69, 9.17) is 0 Å². The Bertz CT molecular complexity index is 2110. The van der Waals surface area contributed by atoms with Crippen LogP contribution in [0.4, 0.5) is 0 Å². The maximum absolute atomic E-state index is 2.48. The minimum Gasteiger partial charge on any atom is -0.313 e. The first-order chi connectivity index (χ1) is 17.2. The standard InChI is InChI=1S/C34H23N/c1-20-21(2)35(27-15-17-29-25(18-27)12-10-22-6-3-4-9-28(22)29)34-30-16-14-24-8-5-7-23-11-13-26(19-31(20)34)33(30)32(23)24/h3-19H,1-2H3. The predicted molar refractivity (Wildman–Crippen MR) is 151 cm³/mol. The smallest absolute Gasteiger partial charge is 0.0613 e. The molecule has 0 spiro atoms. The van der Waals surface area contributed by atoms with E-state index in [1.165, 1.54) is 81.7 Å². The molecule has 0 N–H and O–H groups in total. The van der Waals surface area contributed by atoms with Gasteiger partial charge in [-0.1, -0.05) is 84.9 Å². The lowest BCUT2D eigenvalue weighted by atomic mass is 9.92. The van der Waals surface area contributed by atoms with E-state index in [2.05, 4.69) is 122 Å². The van der Waals surface area contributed by atoms with Crippen LogP contribution in [0.3, 0.4) is 0 Å². The number of nitrogens with zero attached hydrogens (tertiary/aromatic N) is 1. The summed E-state index contributed by atoms with van der Waals surface area (Å²) in [6.45, 7) is 4.52. The summed E-state index contributed by atoms with van der Waals surface area (Å²) in [5.74, 6) is 0. The van der Waals surface area contributed by atoms with E-state index >= 15 is 0 Å². The average Bonchev–Trinajstić information content (AvgIpc) is 3.16. The second-order valence-corrected chi connectivity index (χ2v) is 9.87. The van der Waals surface area contributed by atoms with Gasteiger partial charge in [0.15, 0.2) is 0 Å². The molecule has 0 amide bonds. The number of rotatable bonds is 1. The van der Waals surface area contributed by atoms with Crippen LogP contribution in [0, 0.1) is 13.8 Å². The fourth-order valence-corrected chi connectivity index (χ4v) is 6.32. The van der Waals surface area contributed by atoms with Crippen LogP contribution in [0.5, 0.6) is 0 Å². The highest BCUT2D eigenvalue weighted by molar-refractivity contribution is 6.29. The molecule has 35 heavy (non-hydrogen) atoms. The Balaban J connectivity index is 1.52. The molecule has 0 aliphatic carbocycles. The lowest BCUT2D eigenvalue weighted by Gasteiger charge is -2.15. The molecule has 0 saturated heterocycles. The highest BCUT2D eigenvalue weighted by Gasteiger charge is 2.19. The molecule has 164 valence electrons. The van der Waals surface area contributed by atoms with E-state index in [9.17, 15) is 0 Å². The van der Waals surface area contributed by atoms with E-state index in [1.807, 2.05) is 0 Å². The molecule has 0 fully saturated rings. The van der Waals surface area contributed by atoms with E-state index in [-0.39, 0.29) is 0 Å². The fourth-order valence-electron chi connectivity index (χ4n) is 6.32. The molecule has 7 aromatic carbocycles. The van der Waals surface area contributed by atoms with E-state index in [0.29, 0.717) is 0 Å². The van der Waals surface area contributed by atoms with Gasteiger partial charge in [-0.05, 0) is 86.1 Å². The second-order valence-electron chi connectivity index (χ2n) is 9.87. The highest BCUT2D eigenvalue weighted by Crippen LogP contribution is 2.42. The van der Waals surface area contributed by atoms with Gasteiger partial charge in [0.2, 0.25) is 0 Å². The summed E-state index contributed by atoms with van der Waals surface area (Å²) in [5.41, 5.74) is 5.18. The minimum atomic E-state index is 1.22. The van der Waals surface area contributed by atoms with Gasteiger partial charge in [0.1, 0.15) is 0 Å². The van der Waals surface area contributed by atoms with Crippen molar-refractivity contribution < 1.29 is 0 Å². The van der Waals surface area contributed by atoms with Crippen molar-refractivity contribution in [3.63, 3.8) is 0 Å². The van der Waals surface area contributed by atoms with Crippen LogP contribution >= 0.6 is 0 Å². The largest absolute Gasteiger partial charge is 0.313 e. The summed E-state index contributed by atoms with van der Waals surface area (Å²) in [4.78, 5) is 0. The fraction of sp³-hybridized carbons (Fsp3) is 0.0588. The van der Waals surface area contributed by atoms with E-state index in [1.54, 1.807) is 0 Å². The van der Waals surface area contributed by atoms with Gasteiger partial charge in [0, 0.05) is 22.2 Å². The first-order valence-corrected chi connectivity index (χ1v) is 12.3. The molecular formula is C34H23N. The van der Waals surface area contributed by atoms with Crippen LogP contribution in [-0.2, 0) is 0 Å². The van der Waals surface area contributed by atoms with Gasteiger partial charge in [0.25, 0.3) is 0 Å². The minimum absolute atomic E-state index is 1.22. The van der Waals surface area contributed by atoms with Crippen molar-refractivity contribution in [2.45, 2.75) is 13.8 Å². The number of hydrogen-bond acceptors (Lipinski definition) is 0. The summed E-state index contributed by atoms with van der Waals surface area (Å²) in [7, 11) is 0. The molecule has 0 atom stereocenters. The topological polar surface area (TPSA) is 4.93 Å². The van der Waals surface area contributed by atoms with Crippen molar-refractivity contribution in [2.75, 3.05) is 0 Å².